The molecule has 2 aromatic rings. The number of nitrogens with zero attached hydrogens (tertiary/aromatic N) is 1. The van der Waals surface area contributed by atoms with Crippen LogP contribution in [0, 0.1) is 6.92 Å². The Morgan fingerprint density at radius 3 is 2.45 bits per heavy atom. The van der Waals surface area contributed by atoms with E-state index in [1.54, 1.807) is 29.2 Å². The Morgan fingerprint density at radius 1 is 1.10 bits per heavy atom. The summed E-state index contributed by atoms with van der Waals surface area (Å²) < 4.78 is 23.6. The van der Waals surface area contributed by atoms with Crippen LogP contribution in [-0.2, 0) is 16.4 Å². The molecule has 0 saturated carbocycles. The van der Waals surface area contributed by atoms with Crippen molar-refractivity contribution in [3.05, 3.63) is 70.8 Å². The molecule has 1 unspecified atom stereocenters. The summed E-state index contributed by atoms with van der Waals surface area (Å²) in [4.78, 5) is 26.7. The van der Waals surface area contributed by atoms with Crippen molar-refractivity contribution in [2.45, 2.75) is 31.6 Å². The van der Waals surface area contributed by atoms with Crippen molar-refractivity contribution in [3.63, 3.8) is 0 Å². The Morgan fingerprint density at radius 2 is 1.79 bits per heavy atom. The van der Waals surface area contributed by atoms with Crippen molar-refractivity contribution in [1.29, 1.82) is 0 Å². The number of likely N-dealkylation sites (tertiary alicyclic amines) is 1. The maximum atomic E-state index is 12.7. The van der Waals surface area contributed by atoms with Gasteiger partial charge in [-0.25, -0.2) is 8.42 Å². The summed E-state index contributed by atoms with van der Waals surface area (Å²) in [5.74, 6) is -0.411. The molecule has 1 aliphatic rings. The molecule has 6 nitrogen and oxygen atoms in total. The molecule has 1 aliphatic heterocycles. The highest BCUT2D eigenvalue weighted by atomic mass is 32.2. The summed E-state index contributed by atoms with van der Waals surface area (Å²) in [5, 5.41) is 2.37. The second-order valence-electron chi connectivity index (χ2n) is 7.59. The topological polar surface area (TPSA) is 83.6 Å². The number of carbonyl (C=O) groups is 2. The van der Waals surface area contributed by atoms with Gasteiger partial charge in [-0.05, 0) is 49.6 Å². The van der Waals surface area contributed by atoms with Gasteiger partial charge in [0.05, 0.1) is 5.25 Å². The molecule has 1 N–H and O–H groups in total. The van der Waals surface area contributed by atoms with Gasteiger partial charge in [-0.2, -0.15) is 0 Å². The van der Waals surface area contributed by atoms with Crippen LogP contribution in [-0.4, -0.2) is 49.7 Å². The lowest BCUT2D eigenvalue weighted by atomic mass is 10.1. The molecule has 154 valence electrons. The number of hydrogen-bond acceptors (Lipinski definition) is 4. The molecule has 0 aromatic heterocycles. The number of aryl methyl sites for hydroxylation is 1. The summed E-state index contributed by atoms with van der Waals surface area (Å²) >= 11 is 0. The number of carbonyl (C=O) groups excluding carboxylic acids is 2. The zero-order valence-electron chi connectivity index (χ0n) is 16.7. The molecule has 0 radical (unpaired) electrons. The fraction of sp³-hybridized carbons (Fsp3) is 0.364. The molecule has 7 heteroatoms. The molecule has 1 fully saturated rings. The maximum absolute atomic E-state index is 12.7. The fourth-order valence-electron chi connectivity index (χ4n) is 3.53. The molecule has 29 heavy (non-hydrogen) atoms. The van der Waals surface area contributed by atoms with Crippen LogP contribution in [0.3, 0.4) is 0 Å². The molecule has 2 amide bonds. The third-order valence-corrected chi connectivity index (χ3v) is 6.80. The van der Waals surface area contributed by atoms with Crippen LogP contribution in [0.4, 0.5) is 0 Å². The van der Waals surface area contributed by atoms with E-state index in [1.165, 1.54) is 6.26 Å². The number of benzene rings is 2. The van der Waals surface area contributed by atoms with E-state index in [2.05, 4.69) is 5.32 Å². The van der Waals surface area contributed by atoms with Gasteiger partial charge in [0.15, 0.2) is 9.84 Å². The van der Waals surface area contributed by atoms with Crippen molar-refractivity contribution in [2.75, 3.05) is 19.3 Å². The van der Waals surface area contributed by atoms with Gasteiger partial charge in [0, 0.05) is 37.0 Å². The highest BCUT2D eigenvalue weighted by Crippen LogP contribution is 2.19. The molecule has 0 spiro atoms. The standard InChI is InChI=1S/C22H26N2O4S/c1-16-5-3-6-17(13-16)14-23-21(25)18-8-10-19(11-9-18)22(26)24-12-4-7-20(15-24)29(2,27)28/h3,5-6,8-11,13,20H,4,7,12,14-15H2,1-2H3,(H,23,25). The van der Waals surface area contributed by atoms with Gasteiger partial charge in [-0.3, -0.25) is 9.59 Å². The molecule has 3 rings (SSSR count). The number of piperidine rings is 1. The minimum Gasteiger partial charge on any atom is -0.348 e. The van der Waals surface area contributed by atoms with Crippen molar-refractivity contribution >= 4 is 21.7 Å². The zero-order valence-corrected chi connectivity index (χ0v) is 17.5. The summed E-state index contributed by atoms with van der Waals surface area (Å²) in [7, 11) is -3.17. The largest absolute Gasteiger partial charge is 0.348 e. The van der Waals surface area contributed by atoms with Crippen molar-refractivity contribution in [3.8, 4) is 0 Å². The third-order valence-electron chi connectivity index (χ3n) is 5.20. The summed E-state index contributed by atoms with van der Waals surface area (Å²) in [5.41, 5.74) is 3.09. The van der Waals surface area contributed by atoms with E-state index in [0.717, 1.165) is 11.1 Å². The van der Waals surface area contributed by atoms with Crippen molar-refractivity contribution in [1.82, 2.24) is 10.2 Å². The van der Waals surface area contributed by atoms with Gasteiger partial charge >= 0.3 is 0 Å². The minimum absolute atomic E-state index is 0.204. The van der Waals surface area contributed by atoms with Gasteiger partial charge in [-0.1, -0.05) is 29.8 Å². The van der Waals surface area contributed by atoms with Gasteiger partial charge < -0.3 is 10.2 Å². The Kier molecular flexibility index (Phi) is 6.37. The molecule has 1 heterocycles. The van der Waals surface area contributed by atoms with Gasteiger partial charge in [0.25, 0.3) is 11.8 Å². The summed E-state index contributed by atoms with van der Waals surface area (Å²) in [6, 6.07) is 14.4. The quantitative estimate of drug-likeness (QED) is 0.815. The van der Waals surface area contributed by atoms with Crippen LogP contribution in [0.15, 0.2) is 48.5 Å². The molecule has 0 aliphatic carbocycles. The average molecular weight is 415 g/mol. The Labute approximate surface area is 171 Å². The van der Waals surface area contributed by atoms with Crippen LogP contribution in [0.5, 0.6) is 0 Å². The first-order chi connectivity index (χ1) is 13.7. The van der Waals surface area contributed by atoms with E-state index >= 15 is 0 Å². The van der Waals surface area contributed by atoms with Gasteiger partial charge in [0.1, 0.15) is 0 Å². The number of amides is 2. The second kappa shape index (κ2) is 8.78. The first-order valence-electron chi connectivity index (χ1n) is 9.66. The average Bonchev–Trinajstić information content (AvgIpc) is 2.71. The fourth-order valence-corrected chi connectivity index (χ4v) is 4.57. The smallest absolute Gasteiger partial charge is 0.253 e. The molecule has 1 saturated heterocycles. The molecule has 1 atom stereocenters. The van der Waals surface area contributed by atoms with E-state index < -0.39 is 15.1 Å². The lowest BCUT2D eigenvalue weighted by molar-refractivity contribution is 0.0726. The second-order valence-corrected chi connectivity index (χ2v) is 9.92. The van der Waals surface area contributed by atoms with E-state index in [4.69, 9.17) is 0 Å². The van der Waals surface area contributed by atoms with Crippen molar-refractivity contribution < 1.29 is 18.0 Å². The summed E-state index contributed by atoms with van der Waals surface area (Å²) in [6.45, 7) is 3.20. The Hall–Kier alpha value is -2.67. The number of hydrogen-bond donors (Lipinski definition) is 1. The van der Waals surface area contributed by atoms with E-state index in [1.807, 2.05) is 31.2 Å². The van der Waals surface area contributed by atoms with Gasteiger partial charge in [-0.15, -0.1) is 0 Å². The Balaban J connectivity index is 1.61. The van der Waals surface area contributed by atoms with Crippen LogP contribution < -0.4 is 5.32 Å². The SMILES string of the molecule is Cc1cccc(CNC(=O)c2ccc(C(=O)N3CCCC(S(C)(=O)=O)C3)cc2)c1. The minimum atomic E-state index is -3.17. The van der Waals surface area contributed by atoms with Crippen LogP contribution in [0.1, 0.15) is 44.7 Å². The molecular formula is C22H26N2O4S. The molecule has 0 bridgehead atoms. The van der Waals surface area contributed by atoms with E-state index in [-0.39, 0.29) is 18.4 Å². The lowest BCUT2D eigenvalue weighted by Gasteiger charge is -2.31. The number of sulfone groups is 1. The maximum Gasteiger partial charge on any atom is 0.253 e. The van der Waals surface area contributed by atoms with E-state index in [0.29, 0.717) is 37.1 Å². The number of rotatable bonds is 5. The van der Waals surface area contributed by atoms with Crippen molar-refractivity contribution in [2.24, 2.45) is 0 Å². The highest BCUT2D eigenvalue weighted by molar-refractivity contribution is 7.91. The lowest BCUT2D eigenvalue weighted by Crippen LogP contribution is -2.44. The third kappa shape index (κ3) is 5.44. The number of nitrogens with one attached hydrogen (secondary N) is 1. The molecule has 2 aromatic carbocycles. The normalized spacial score (nSPS) is 17.0. The predicted octanol–water partition coefficient (Wildman–Crippen LogP) is 2.57. The van der Waals surface area contributed by atoms with Crippen LogP contribution in [0.2, 0.25) is 0 Å². The first kappa shape index (κ1) is 21.0. The summed E-state index contributed by atoms with van der Waals surface area (Å²) in [6.07, 6.45) is 2.47. The zero-order chi connectivity index (χ0) is 21.0. The van der Waals surface area contributed by atoms with Crippen LogP contribution in [0.25, 0.3) is 0 Å². The first-order valence-corrected chi connectivity index (χ1v) is 11.6. The Bertz CT molecular complexity index is 1000. The van der Waals surface area contributed by atoms with Crippen LogP contribution >= 0.6 is 0 Å². The highest BCUT2D eigenvalue weighted by Gasteiger charge is 2.30. The molecular weight excluding hydrogens is 388 g/mol. The van der Waals surface area contributed by atoms with Gasteiger partial charge in [0.2, 0.25) is 0 Å². The monoisotopic (exact) mass is 414 g/mol. The predicted molar refractivity (Wildman–Crippen MR) is 113 cm³/mol. The van der Waals surface area contributed by atoms with E-state index in [9.17, 15) is 18.0 Å².